The van der Waals surface area contributed by atoms with Crippen LogP contribution in [-0.2, 0) is 4.74 Å². The number of carbonyl (C=O) groups excluding carboxylic acids is 3. The summed E-state index contributed by atoms with van der Waals surface area (Å²) in [5.74, 6) is -0.731. The lowest BCUT2D eigenvalue weighted by Gasteiger charge is -2.19. The Kier molecular flexibility index (Phi) is 2.29. The molecule has 0 atom stereocenters. The first-order valence-corrected chi connectivity index (χ1v) is 5.55. The van der Waals surface area contributed by atoms with Crippen molar-refractivity contribution in [2.24, 2.45) is 0 Å². The molecule has 2 aliphatic rings. The van der Waals surface area contributed by atoms with Gasteiger partial charge in [0.05, 0.1) is 17.7 Å². The third-order valence-corrected chi connectivity index (χ3v) is 3.04. The molecule has 3 rings (SSSR count). The summed E-state index contributed by atoms with van der Waals surface area (Å²) in [5, 5.41) is 0. The number of carbonyl (C=O) groups is 3. The van der Waals surface area contributed by atoms with Gasteiger partial charge in [-0.15, -0.1) is 0 Å². The Balaban J connectivity index is 1.86. The largest absolute Gasteiger partial charge is 0.447 e. The highest BCUT2D eigenvalue weighted by Crippen LogP contribution is 2.23. The predicted octanol–water partition coefficient (Wildman–Crippen LogP) is 0.692. The van der Waals surface area contributed by atoms with Gasteiger partial charge >= 0.3 is 6.09 Å². The van der Waals surface area contributed by atoms with Crippen molar-refractivity contribution in [3.63, 3.8) is 0 Å². The van der Waals surface area contributed by atoms with Gasteiger partial charge in [-0.25, -0.2) is 4.79 Å². The Morgan fingerprint density at radius 1 is 1.06 bits per heavy atom. The van der Waals surface area contributed by atoms with E-state index in [1.807, 2.05) is 0 Å². The molecule has 0 bridgehead atoms. The SMILES string of the molecule is O=C1OCCN1CN1C(=O)c2ccccc2C1=O. The number of amides is 3. The summed E-state index contributed by atoms with van der Waals surface area (Å²) >= 11 is 0. The summed E-state index contributed by atoms with van der Waals surface area (Å²) in [6, 6.07) is 6.63. The van der Waals surface area contributed by atoms with E-state index in [4.69, 9.17) is 4.74 Å². The standard InChI is InChI=1S/C12H10N2O4/c15-10-8-3-1-2-4-9(8)11(16)14(10)7-13-5-6-18-12(13)17/h1-4H,5-7H2. The monoisotopic (exact) mass is 246 g/mol. The number of imide groups is 1. The Bertz CT molecular complexity index is 520. The molecule has 2 aliphatic heterocycles. The molecule has 0 N–H and O–H groups in total. The van der Waals surface area contributed by atoms with Gasteiger partial charge in [-0.2, -0.15) is 0 Å². The third kappa shape index (κ3) is 1.46. The van der Waals surface area contributed by atoms with Gasteiger partial charge in [0.1, 0.15) is 13.3 Å². The molecule has 18 heavy (non-hydrogen) atoms. The average molecular weight is 246 g/mol. The van der Waals surface area contributed by atoms with Gasteiger partial charge in [-0.3, -0.25) is 19.4 Å². The summed E-state index contributed by atoms with van der Waals surface area (Å²) in [7, 11) is 0. The number of ether oxygens (including phenoxy) is 1. The first kappa shape index (κ1) is 10.8. The Morgan fingerprint density at radius 2 is 1.67 bits per heavy atom. The Hall–Kier alpha value is -2.37. The van der Waals surface area contributed by atoms with Crippen LogP contribution < -0.4 is 0 Å². The Morgan fingerprint density at radius 3 is 2.17 bits per heavy atom. The fourth-order valence-corrected chi connectivity index (χ4v) is 2.09. The smallest absolute Gasteiger partial charge is 0.411 e. The van der Waals surface area contributed by atoms with E-state index in [1.165, 1.54) is 4.90 Å². The van der Waals surface area contributed by atoms with Gasteiger partial charge < -0.3 is 4.74 Å². The lowest BCUT2D eigenvalue weighted by atomic mass is 10.1. The van der Waals surface area contributed by atoms with Gasteiger partial charge in [0.25, 0.3) is 11.8 Å². The minimum absolute atomic E-state index is 0.0504. The molecule has 92 valence electrons. The molecule has 0 saturated carbocycles. The zero-order chi connectivity index (χ0) is 12.7. The lowest BCUT2D eigenvalue weighted by Crippen LogP contribution is -2.41. The van der Waals surface area contributed by atoms with Crippen molar-refractivity contribution in [2.45, 2.75) is 0 Å². The van der Waals surface area contributed by atoms with E-state index in [1.54, 1.807) is 24.3 Å². The molecule has 6 heteroatoms. The Labute approximate surface area is 103 Å². The predicted molar refractivity (Wildman–Crippen MR) is 59.9 cm³/mol. The van der Waals surface area contributed by atoms with Gasteiger partial charge in [0.15, 0.2) is 0 Å². The molecule has 6 nitrogen and oxygen atoms in total. The molecule has 1 aromatic rings. The number of hydrogen-bond donors (Lipinski definition) is 0. The first-order valence-electron chi connectivity index (χ1n) is 5.55. The van der Waals surface area contributed by atoms with Crippen LogP contribution in [0.5, 0.6) is 0 Å². The van der Waals surface area contributed by atoms with Crippen LogP contribution in [0.15, 0.2) is 24.3 Å². The number of nitrogens with zero attached hydrogens (tertiary/aromatic N) is 2. The first-order chi connectivity index (χ1) is 8.68. The molecular formula is C12H10N2O4. The van der Waals surface area contributed by atoms with Gasteiger partial charge in [-0.1, -0.05) is 12.1 Å². The molecule has 0 unspecified atom stereocenters. The van der Waals surface area contributed by atoms with Crippen LogP contribution in [0.2, 0.25) is 0 Å². The molecule has 1 saturated heterocycles. The molecule has 0 radical (unpaired) electrons. The highest BCUT2D eigenvalue weighted by molar-refractivity contribution is 6.21. The van der Waals surface area contributed by atoms with E-state index in [2.05, 4.69) is 0 Å². The van der Waals surface area contributed by atoms with E-state index >= 15 is 0 Å². The second-order valence-electron chi connectivity index (χ2n) is 4.10. The van der Waals surface area contributed by atoms with Crippen molar-refractivity contribution in [2.75, 3.05) is 19.8 Å². The highest BCUT2D eigenvalue weighted by atomic mass is 16.6. The third-order valence-electron chi connectivity index (χ3n) is 3.04. The lowest BCUT2D eigenvalue weighted by molar-refractivity contribution is 0.0581. The summed E-state index contributed by atoms with van der Waals surface area (Å²) in [5.41, 5.74) is 0.769. The van der Waals surface area contributed by atoms with E-state index in [9.17, 15) is 14.4 Å². The van der Waals surface area contributed by atoms with Gasteiger partial charge in [-0.05, 0) is 12.1 Å². The van der Waals surface area contributed by atoms with Crippen molar-refractivity contribution in [1.82, 2.24) is 9.80 Å². The summed E-state index contributed by atoms with van der Waals surface area (Å²) < 4.78 is 4.76. The van der Waals surface area contributed by atoms with Gasteiger partial charge in [0.2, 0.25) is 0 Å². The second-order valence-corrected chi connectivity index (χ2v) is 4.10. The zero-order valence-electron chi connectivity index (χ0n) is 9.46. The summed E-state index contributed by atoms with van der Waals surface area (Å²) in [6.07, 6.45) is -0.494. The molecule has 0 spiro atoms. The molecule has 1 fully saturated rings. The second kappa shape index (κ2) is 3.83. The summed E-state index contributed by atoms with van der Waals surface area (Å²) in [6.45, 7) is 0.638. The van der Waals surface area contributed by atoms with Crippen molar-refractivity contribution in [3.05, 3.63) is 35.4 Å². The molecular weight excluding hydrogens is 236 g/mol. The molecule has 2 heterocycles. The van der Waals surface area contributed by atoms with Crippen LogP contribution in [0.3, 0.4) is 0 Å². The van der Waals surface area contributed by atoms with Crippen molar-refractivity contribution < 1.29 is 19.1 Å². The van der Waals surface area contributed by atoms with E-state index in [-0.39, 0.29) is 18.5 Å². The van der Waals surface area contributed by atoms with Crippen molar-refractivity contribution in [3.8, 4) is 0 Å². The molecule has 3 amide bonds. The summed E-state index contributed by atoms with van der Waals surface area (Å²) in [4.78, 5) is 37.8. The minimum atomic E-state index is -0.494. The van der Waals surface area contributed by atoms with Crippen LogP contribution >= 0.6 is 0 Å². The number of hydrogen-bond acceptors (Lipinski definition) is 4. The number of fused-ring (bicyclic) bond motifs is 1. The van der Waals surface area contributed by atoms with Gasteiger partial charge in [0, 0.05) is 0 Å². The van der Waals surface area contributed by atoms with Crippen LogP contribution in [0.4, 0.5) is 4.79 Å². The van der Waals surface area contributed by atoms with Crippen molar-refractivity contribution in [1.29, 1.82) is 0 Å². The highest BCUT2D eigenvalue weighted by Gasteiger charge is 2.37. The molecule has 0 aliphatic carbocycles. The van der Waals surface area contributed by atoms with Crippen LogP contribution in [-0.4, -0.2) is 47.5 Å². The number of rotatable bonds is 2. The number of benzene rings is 1. The number of cyclic esters (lactones) is 1. The van der Waals surface area contributed by atoms with Crippen molar-refractivity contribution >= 4 is 17.9 Å². The fourth-order valence-electron chi connectivity index (χ4n) is 2.09. The van der Waals surface area contributed by atoms with E-state index < -0.39 is 6.09 Å². The normalized spacial score (nSPS) is 18.3. The topological polar surface area (TPSA) is 66.9 Å². The average Bonchev–Trinajstić information content (AvgIpc) is 2.89. The quantitative estimate of drug-likeness (QED) is 0.720. The molecule has 1 aromatic carbocycles. The van der Waals surface area contributed by atoms with Crippen LogP contribution in [0.25, 0.3) is 0 Å². The van der Waals surface area contributed by atoms with Crippen LogP contribution in [0, 0.1) is 0 Å². The molecule has 0 aromatic heterocycles. The van der Waals surface area contributed by atoms with E-state index in [0.29, 0.717) is 24.3 Å². The maximum atomic E-state index is 12.0. The fraction of sp³-hybridized carbons (Fsp3) is 0.250. The zero-order valence-corrected chi connectivity index (χ0v) is 9.46. The van der Waals surface area contributed by atoms with Crippen LogP contribution in [0.1, 0.15) is 20.7 Å². The van der Waals surface area contributed by atoms with E-state index in [0.717, 1.165) is 4.90 Å². The maximum absolute atomic E-state index is 12.0. The maximum Gasteiger partial charge on any atom is 0.411 e. The minimum Gasteiger partial charge on any atom is -0.447 e.